The summed E-state index contributed by atoms with van der Waals surface area (Å²) in [5.41, 5.74) is 4.03. The molecule has 0 aliphatic heterocycles. The number of aromatic nitrogens is 5. The van der Waals surface area contributed by atoms with Gasteiger partial charge in [0.05, 0.1) is 24.5 Å². The van der Waals surface area contributed by atoms with Crippen LogP contribution in [0.1, 0.15) is 19.8 Å². The molecule has 0 N–H and O–H groups in total. The van der Waals surface area contributed by atoms with Crippen molar-refractivity contribution in [3.8, 4) is 11.4 Å². The average molecular weight is 399 g/mol. The lowest BCUT2D eigenvalue weighted by molar-refractivity contribution is 0.415. The van der Waals surface area contributed by atoms with E-state index in [0.29, 0.717) is 28.7 Å². The second-order valence-corrected chi connectivity index (χ2v) is 7.21. The van der Waals surface area contributed by atoms with Crippen molar-refractivity contribution < 1.29 is 4.74 Å². The van der Waals surface area contributed by atoms with Crippen LogP contribution in [0.2, 0.25) is 0 Å². The molecule has 0 aliphatic rings. The number of nitrogens with zero attached hydrogens (tertiary/aromatic N) is 5. The number of rotatable bonds is 5. The van der Waals surface area contributed by atoms with E-state index in [-0.39, 0.29) is 5.56 Å². The number of unbranched alkanes of at least 4 members (excludes halogenated alkanes) is 1. The Balaban J connectivity index is 1.89. The molecular weight excluding hydrogens is 378 g/mol. The fourth-order valence-electron chi connectivity index (χ4n) is 3.74. The van der Waals surface area contributed by atoms with Crippen LogP contribution in [0.25, 0.3) is 38.9 Å². The Labute approximate surface area is 172 Å². The zero-order chi connectivity index (χ0) is 20.7. The van der Waals surface area contributed by atoms with Gasteiger partial charge in [0.1, 0.15) is 16.7 Å². The van der Waals surface area contributed by atoms with Crippen molar-refractivity contribution in [1.82, 2.24) is 24.1 Å². The zero-order valence-electron chi connectivity index (χ0n) is 16.9. The van der Waals surface area contributed by atoms with Gasteiger partial charge in [-0.05, 0) is 42.8 Å². The Hall–Kier alpha value is -3.74. The first-order valence-electron chi connectivity index (χ1n) is 10.0. The van der Waals surface area contributed by atoms with Gasteiger partial charge in [-0.3, -0.25) is 13.9 Å². The average Bonchev–Trinajstić information content (AvgIpc) is 3.11. The third kappa shape index (κ3) is 2.82. The standard InChI is InChI=1S/C23H21N5O2/c1-3-4-13-27-14-24-21-19(23(27)29)20-22(26-18-8-6-5-7-17(18)25-20)28(21)15-9-11-16(30-2)12-10-15/h5-12,14H,3-4,13H2,1-2H3. The molecule has 0 aliphatic carbocycles. The van der Waals surface area contributed by atoms with Gasteiger partial charge in [0.15, 0.2) is 11.3 Å². The summed E-state index contributed by atoms with van der Waals surface area (Å²) in [5, 5.41) is 0.498. The maximum Gasteiger partial charge on any atom is 0.265 e. The fourth-order valence-corrected chi connectivity index (χ4v) is 3.74. The minimum absolute atomic E-state index is 0.0877. The van der Waals surface area contributed by atoms with Gasteiger partial charge < -0.3 is 4.74 Å². The third-order valence-electron chi connectivity index (χ3n) is 5.31. The molecule has 3 heterocycles. The fraction of sp³-hybridized carbons (Fsp3) is 0.217. The Morgan fingerprint density at radius 3 is 2.40 bits per heavy atom. The van der Waals surface area contributed by atoms with Crippen LogP contribution in [0.5, 0.6) is 5.75 Å². The maximum atomic E-state index is 13.4. The molecule has 0 bridgehead atoms. The zero-order valence-corrected chi connectivity index (χ0v) is 16.9. The highest BCUT2D eigenvalue weighted by molar-refractivity contribution is 6.05. The summed E-state index contributed by atoms with van der Waals surface area (Å²) in [4.78, 5) is 27.7. The molecule has 0 unspecified atom stereocenters. The molecule has 7 heteroatoms. The summed E-state index contributed by atoms with van der Waals surface area (Å²) in [5.74, 6) is 0.755. The van der Waals surface area contributed by atoms with Crippen molar-refractivity contribution in [2.75, 3.05) is 7.11 Å². The van der Waals surface area contributed by atoms with E-state index in [4.69, 9.17) is 14.7 Å². The van der Waals surface area contributed by atoms with E-state index in [1.807, 2.05) is 53.1 Å². The van der Waals surface area contributed by atoms with Gasteiger partial charge in [-0.15, -0.1) is 0 Å². The van der Waals surface area contributed by atoms with Gasteiger partial charge in [0.25, 0.3) is 5.56 Å². The SMILES string of the molecule is CCCCn1cnc2c(c1=O)c1nc3ccccc3nc1n2-c1ccc(OC)cc1. The van der Waals surface area contributed by atoms with Crippen LogP contribution in [-0.4, -0.2) is 31.2 Å². The van der Waals surface area contributed by atoms with E-state index >= 15 is 0 Å². The molecular formula is C23H21N5O2. The van der Waals surface area contributed by atoms with Crippen LogP contribution in [0.4, 0.5) is 0 Å². The van der Waals surface area contributed by atoms with Crippen LogP contribution < -0.4 is 10.3 Å². The van der Waals surface area contributed by atoms with E-state index in [2.05, 4.69) is 11.9 Å². The Morgan fingerprint density at radius 2 is 1.70 bits per heavy atom. The first-order chi connectivity index (χ1) is 14.7. The van der Waals surface area contributed by atoms with Crippen molar-refractivity contribution in [2.45, 2.75) is 26.3 Å². The number of methoxy groups -OCH3 is 1. The molecule has 0 saturated heterocycles. The molecule has 30 heavy (non-hydrogen) atoms. The Kier molecular flexibility index (Phi) is 4.43. The number of hydrogen-bond donors (Lipinski definition) is 0. The molecule has 0 atom stereocenters. The highest BCUT2D eigenvalue weighted by atomic mass is 16.5. The topological polar surface area (TPSA) is 74.8 Å². The van der Waals surface area contributed by atoms with Gasteiger partial charge in [-0.25, -0.2) is 15.0 Å². The summed E-state index contributed by atoms with van der Waals surface area (Å²) in [7, 11) is 1.63. The molecule has 0 fully saturated rings. The Morgan fingerprint density at radius 1 is 0.967 bits per heavy atom. The van der Waals surface area contributed by atoms with Gasteiger partial charge >= 0.3 is 0 Å². The van der Waals surface area contributed by atoms with Crippen molar-refractivity contribution >= 4 is 33.2 Å². The first-order valence-corrected chi connectivity index (χ1v) is 10.0. The first kappa shape index (κ1) is 18.3. The second-order valence-electron chi connectivity index (χ2n) is 7.21. The number of benzene rings is 2. The normalized spacial score (nSPS) is 11.5. The predicted molar refractivity (Wildman–Crippen MR) is 117 cm³/mol. The molecule has 0 radical (unpaired) electrons. The van der Waals surface area contributed by atoms with Crippen LogP contribution in [0.3, 0.4) is 0 Å². The minimum Gasteiger partial charge on any atom is -0.497 e. The van der Waals surface area contributed by atoms with Crippen LogP contribution >= 0.6 is 0 Å². The van der Waals surface area contributed by atoms with E-state index in [1.165, 1.54) is 0 Å². The quantitative estimate of drug-likeness (QED) is 0.445. The van der Waals surface area contributed by atoms with Gasteiger partial charge in [-0.2, -0.15) is 0 Å². The predicted octanol–water partition coefficient (Wildman–Crippen LogP) is 4.09. The highest BCUT2D eigenvalue weighted by Gasteiger charge is 2.20. The largest absolute Gasteiger partial charge is 0.497 e. The minimum atomic E-state index is -0.0877. The molecule has 2 aromatic carbocycles. The lowest BCUT2D eigenvalue weighted by Gasteiger charge is -2.08. The maximum absolute atomic E-state index is 13.4. The second kappa shape index (κ2) is 7.26. The van der Waals surface area contributed by atoms with E-state index in [1.54, 1.807) is 18.0 Å². The third-order valence-corrected chi connectivity index (χ3v) is 5.31. The molecule has 150 valence electrons. The monoisotopic (exact) mass is 399 g/mol. The highest BCUT2D eigenvalue weighted by Crippen LogP contribution is 2.28. The molecule has 0 saturated carbocycles. The molecule has 5 rings (SSSR count). The molecule has 7 nitrogen and oxygen atoms in total. The van der Waals surface area contributed by atoms with Crippen LogP contribution in [0.15, 0.2) is 59.7 Å². The molecule has 5 aromatic rings. The van der Waals surface area contributed by atoms with Crippen LogP contribution in [0, 0.1) is 0 Å². The summed E-state index contributed by atoms with van der Waals surface area (Å²) < 4.78 is 8.85. The summed E-state index contributed by atoms with van der Waals surface area (Å²) in [6, 6.07) is 15.3. The van der Waals surface area contributed by atoms with Gasteiger partial charge in [0, 0.05) is 12.2 Å². The smallest absolute Gasteiger partial charge is 0.265 e. The summed E-state index contributed by atoms with van der Waals surface area (Å²) >= 11 is 0. The summed E-state index contributed by atoms with van der Waals surface area (Å²) in [6.07, 6.45) is 3.54. The van der Waals surface area contributed by atoms with E-state index in [0.717, 1.165) is 35.3 Å². The number of hydrogen-bond acceptors (Lipinski definition) is 5. The van der Waals surface area contributed by atoms with Crippen molar-refractivity contribution in [3.63, 3.8) is 0 Å². The van der Waals surface area contributed by atoms with E-state index < -0.39 is 0 Å². The number of fused-ring (bicyclic) bond motifs is 4. The van der Waals surface area contributed by atoms with Crippen molar-refractivity contribution in [2.24, 2.45) is 0 Å². The lowest BCUT2D eigenvalue weighted by Crippen LogP contribution is -2.20. The van der Waals surface area contributed by atoms with Crippen molar-refractivity contribution in [1.29, 1.82) is 0 Å². The molecule has 3 aromatic heterocycles. The number of aryl methyl sites for hydroxylation is 1. The molecule has 0 spiro atoms. The number of ether oxygens (including phenoxy) is 1. The molecule has 0 amide bonds. The van der Waals surface area contributed by atoms with Gasteiger partial charge in [-0.1, -0.05) is 25.5 Å². The summed E-state index contributed by atoms with van der Waals surface area (Å²) in [6.45, 7) is 2.73. The van der Waals surface area contributed by atoms with Crippen LogP contribution in [-0.2, 0) is 6.54 Å². The van der Waals surface area contributed by atoms with Gasteiger partial charge in [0.2, 0.25) is 0 Å². The van der Waals surface area contributed by atoms with E-state index in [9.17, 15) is 4.79 Å². The number of para-hydroxylation sites is 2. The van der Waals surface area contributed by atoms with Crippen molar-refractivity contribution in [3.05, 3.63) is 65.2 Å². The Bertz CT molecular complexity index is 1430. The lowest BCUT2D eigenvalue weighted by atomic mass is 10.3.